The van der Waals surface area contributed by atoms with Crippen molar-refractivity contribution in [1.82, 2.24) is 4.90 Å². The predicted octanol–water partition coefficient (Wildman–Crippen LogP) is 2.46. The molecule has 0 saturated heterocycles. The SMILES string of the molecule is CC(CO)CN(C)Cc1ccc(Cl)s1. The van der Waals surface area contributed by atoms with Crippen molar-refractivity contribution in [3.63, 3.8) is 0 Å². The molecule has 0 spiro atoms. The van der Waals surface area contributed by atoms with Gasteiger partial charge in [-0.25, -0.2) is 0 Å². The predicted molar refractivity (Wildman–Crippen MR) is 61.9 cm³/mol. The second-order valence-corrected chi connectivity index (χ2v) is 5.49. The van der Waals surface area contributed by atoms with Gasteiger partial charge in [0.15, 0.2) is 0 Å². The first-order valence-corrected chi connectivity index (χ1v) is 5.85. The van der Waals surface area contributed by atoms with Gasteiger partial charge in [-0.3, -0.25) is 0 Å². The van der Waals surface area contributed by atoms with E-state index in [1.165, 1.54) is 4.88 Å². The Hall–Kier alpha value is -0.0900. The number of aliphatic hydroxyl groups is 1. The Bertz CT molecular complexity index is 277. The zero-order valence-corrected chi connectivity index (χ0v) is 10.1. The molecule has 1 aromatic rings. The Morgan fingerprint density at radius 2 is 2.29 bits per heavy atom. The molecule has 1 unspecified atom stereocenters. The van der Waals surface area contributed by atoms with Crippen molar-refractivity contribution in [1.29, 1.82) is 0 Å². The van der Waals surface area contributed by atoms with Crippen LogP contribution in [0.4, 0.5) is 0 Å². The van der Waals surface area contributed by atoms with E-state index in [1.807, 2.05) is 19.1 Å². The summed E-state index contributed by atoms with van der Waals surface area (Å²) in [7, 11) is 2.06. The van der Waals surface area contributed by atoms with E-state index in [0.29, 0.717) is 5.92 Å². The largest absolute Gasteiger partial charge is 0.396 e. The van der Waals surface area contributed by atoms with E-state index < -0.39 is 0 Å². The Morgan fingerprint density at radius 3 is 2.79 bits per heavy atom. The molecule has 0 aliphatic rings. The summed E-state index contributed by atoms with van der Waals surface area (Å²) in [5.74, 6) is 0.329. The first-order valence-electron chi connectivity index (χ1n) is 4.65. The van der Waals surface area contributed by atoms with Crippen LogP contribution in [0.1, 0.15) is 11.8 Å². The van der Waals surface area contributed by atoms with Crippen LogP contribution >= 0.6 is 22.9 Å². The zero-order valence-electron chi connectivity index (χ0n) is 8.53. The van der Waals surface area contributed by atoms with Crippen molar-refractivity contribution in [2.45, 2.75) is 13.5 Å². The summed E-state index contributed by atoms with van der Waals surface area (Å²) in [5.41, 5.74) is 0. The lowest BCUT2D eigenvalue weighted by Crippen LogP contribution is -2.25. The Kier molecular flexibility index (Phi) is 4.89. The third-order valence-corrected chi connectivity index (χ3v) is 3.21. The highest BCUT2D eigenvalue weighted by atomic mass is 35.5. The third kappa shape index (κ3) is 3.96. The van der Waals surface area contributed by atoms with Crippen LogP contribution in [-0.4, -0.2) is 30.2 Å². The van der Waals surface area contributed by atoms with Crippen molar-refractivity contribution < 1.29 is 5.11 Å². The molecule has 2 nitrogen and oxygen atoms in total. The number of halogens is 1. The minimum Gasteiger partial charge on any atom is -0.396 e. The highest BCUT2D eigenvalue weighted by molar-refractivity contribution is 7.16. The maximum Gasteiger partial charge on any atom is 0.0931 e. The molecule has 0 saturated carbocycles. The van der Waals surface area contributed by atoms with Gasteiger partial charge in [0.05, 0.1) is 4.34 Å². The van der Waals surface area contributed by atoms with E-state index in [0.717, 1.165) is 17.4 Å². The first-order chi connectivity index (χ1) is 6.61. The summed E-state index contributed by atoms with van der Waals surface area (Å²) in [6.07, 6.45) is 0. The highest BCUT2D eigenvalue weighted by Crippen LogP contribution is 2.22. The molecular formula is C10H16ClNOS. The van der Waals surface area contributed by atoms with Crippen molar-refractivity contribution in [2.75, 3.05) is 20.2 Å². The fourth-order valence-corrected chi connectivity index (χ4v) is 2.52. The Labute approximate surface area is 94.1 Å². The highest BCUT2D eigenvalue weighted by Gasteiger charge is 2.06. The van der Waals surface area contributed by atoms with Crippen LogP contribution in [0.2, 0.25) is 4.34 Å². The van der Waals surface area contributed by atoms with E-state index in [1.54, 1.807) is 11.3 Å². The Morgan fingerprint density at radius 1 is 1.57 bits per heavy atom. The van der Waals surface area contributed by atoms with E-state index in [-0.39, 0.29) is 6.61 Å². The standard InChI is InChI=1S/C10H16ClNOS/c1-8(7-13)5-12(2)6-9-3-4-10(11)14-9/h3-4,8,13H,5-7H2,1-2H3. The average Bonchev–Trinajstić information content (AvgIpc) is 2.50. The van der Waals surface area contributed by atoms with Crippen LogP contribution < -0.4 is 0 Å². The fourth-order valence-electron chi connectivity index (χ4n) is 1.36. The number of hydrogen-bond acceptors (Lipinski definition) is 3. The molecular weight excluding hydrogens is 218 g/mol. The molecule has 0 aliphatic carbocycles. The molecule has 1 N–H and O–H groups in total. The van der Waals surface area contributed by atoms with E-state index in [9.17, 15) is 0 Å². The second-order valence-electron chi connectivity index (χ2n) is 3.69. The van der Waals surface area contributed by atoms with Crippen molar-refractivity contribution in [3.8, 4) is 0 Å². The number of aliphatic hydroxyl groups excluding tert-OH is 1. The van der Waals surface area contributed by atoms with Crippen molar-refractivity contribution in [3.05, 3.63) is 21.3 Å². The molecule has 14 heavy (non-hydrogen) atoms. The second kappa shape index (κ2) is 5.71. The number of hydrogen-bond donors (Lipinski definition) is 1. The molecule has 0 amide bonds. The molecule has 0 radical (unpaired) electrons. The van der Waals surface area contributed by atoms with Gasteiger partial charge in [0, 0.05) is 24.6 Å². The molecule has 0 fully saturated rings. The maximum atomic E-state index is 8.91. The van der Waals surface area contributed by atoms with Gasteiger partial charge >= 0.3 is 0 Å². The minimum absolute atomic E-state index is 0.246. The van der Waals surface area contributed by atoms with E-state index >= 15 is 0 Å². The van der Waals surface area contributed by atoms with Crippen LogP contribution in [0.25, 0.3) is 0 Å². The van der Waals surface area contributed by atoms with Gasteiger partial charge in [-0.2, -0.15) is 0 Å². The number of nitrogens with zero attached hydrogens (tertiary/aromatic N) is 1. The van der Waals surface area contributed by atoms with Gasteiger partial charge in [0.25, 0.3) is 0 Å². The monoisotopic (exact) mass is 233 g/mol. The molecule has 0 aromatic carbocycles. The summed E-state index contributed by atoms with van der Waals surface area (Å²) in [4.78, 5) is 3.46. The van der Waals surface area contributed by atoms with Gasteiger partial charge in [-0.1, -0.05) is 18.5 Å². The normalized spacial score (nSPS) is 13.5. The summed E-state index contributed by atoms with van der Waals surface area (Å²) >= 11 is 7.45. The quantitative estimate of drug-likeness (QED) is 0.845. The molecule has 1 heterocycles. The van der Waals surface area contributed by atoms with Gasteiger partial charge < -0.3 is 10.0 Å². The van der Waals surface area contributed by atoms with Crippen molar-refractivity contribution >= 4 is 22.9 Å². The van der Waals surface area contributed by atoms with Gasteiger partial charge in [0.1, 0.15) is 0 Å². The first kappa shape index (κ1) is 12.0. The number of thiophene rings is 1. The van der Waals surface area contributed by atoms with Crippen molar-refractivity contribution in [2.24, 2.45) is 5.92 Å². The Balaban J connectivity index is 2.37. The molecule has 80 valence electrons. The summed E-state index contributed by atoms with van der Waals surface area (Å²) < 4.78 is 0.837. The van der Waals surface area contributed by atoms with Crippen LogP contribution in [-0.2, 0) is 6.54 Å². The topological polar surface area (TPSA) is 23.5 Å². The van der Waals surface area contributed by atoms with Crippen LogP contribution in [0, 0.1) is 5.92 Å². The third-order valence-electron chi connectivity index (χ3n) is 1.99. The van der Waals surface area contributed by atoms with Crippen LogP contribution in [0.15, 0.2) is 12.1 Å². The average molecular weight is 234 g/mol. The van der Waals surface area contributed by atoms with Crippen LogP contribution in [0.3, 0.4) is 0 Å². The summed E-state index contributed by atoms with van der Waals surface area (Å²) in [6, 6.07) is 3.97. The van der Waals surface area contributed by atoms with Gasteiger partial charge in [0.2, 0.25) is 0 Å². The maximum absolute atomic E-state index is 8.91. The van der Waals surface area contributed by atoms with Crippen LogP contribution in [0.5, 0.6) is 0 Å². The van der Waals surface area contributed by atoms with Gasteiger partial charge in [-0.05, 0) is 25.1 Å². The molecule has 4 heteroatoms. The molecule has 0 bridgehead atoms. The zero-order chi connectivity index (χ0) is 10.6. The minimum atomic E-state index is 0.246. The lowest BCUT2D eigenvalue weighted by molar-refractivity contribution is 0.188. The molecule has 0 aliphatic heterocycles. The molecule has 1 aromatic heterocycles. The summed E-state index contributed by atoms with van der Waals surface area (Å²) in [5, 5.41) is 8.91. The summed E-state index contributed by atoms with van der Waals surface area (Å²) in [6.45, 7) is 4.10. The van der Waals surface area contributed by atoms with E-state index in [4.69, 9.17) is 16.7 Å². The van der Waals surface area contributed by atoms with E-state index in [2.05, 4.69) is 11.9 Å². The van der Waals surface area contributed by atoms with Gasteiger partial charge in [-0.15, -0.1) is 11.3 Å². The molecule has 1 rings (SSSR count). The smallest absolute Gasteiger partial charge is 0.0931 e. The number of rotatable bonds is 5. The lowest BCUT2D eigenvalue weighted by atomic mass is 10.2. The lowest BCUT2D eigenvalue weighted by Gasteiger charge is -2.18. The molecule has 1 atom stereocenters. The fraction of sp³-hybridized carbons (Fsp3) is 0.600.